The Kier molecular flexibility index (Phi) is 2.66. The number of nitrogens with two attached hydrogens (primary N) is 1. The molecule has 3 N–H and O–H groups in total. The number of furan rings is 1. The first-order chi connectivity index (χ1) is 8.74. The Bertz CT molecular complexity index is 546. The standard InChI is InChI=1S/C13H16N4O/c1-8-11(14)16-13(9-4-5-9)17-12(8)15-7-10-3-2-6-18-10/h2-3,6,9H,4-5,7H2,1H3,(H3,14,15,16,17). The molecule has 0 spiro atoms. The first-order valence-electron chi connectivity index (χ1n) is 6.14. The van der Waals surface area contributed by atoms with Gasteiger partial charge in [-0.15, -0.1) is 0 Å². The predicted octanol–water partition coefficient (Wildman–Crippen LogP) is 2.45. The van der Waals surface area contributed by atoms with E-state index in [1.165, 1.54) is 12.8 Å². The van der Waals surface area contributed by atoms with Gasteiger partial charge in [-0.1, -0.05) is 0 Å². The molecule has 0 aliphatic heterocycles. The minimum absolute atomic E-state index is 0.497. The lowest BCUT2D eigenvalue weighted by molar-refractivity contribution is 0.517. The van der Waals surface area contributed by atoms with Crippen molar-refractivity contribution >= 4 is 11.6 Å². The first kappa shape index (κ1) is 11.1. The highest BCUT2D eigenvalue weighted by atomic mass is 16.3. The van der Waals surface area contributed by atoms with Gasteiger partial charge in [0.2, 0.25) is 0 Å². The summed E-state index contributed by atoms with van der Waals surface area (Å²) in [4.78, 5) is 8.89. The van der Waals surface area contributed by atoms with Crippen LogP contribution in [-0.4, -0.2) is 9.97 Å². The van der Waals surface area contributed by atoms with Gasteiger partial charge in [-0.25, -0.2) is 9.97 Å². The molecule has 0 bridgehead atoms. The van der Waals surface area contributed by atoms with Gasteiger partial charge in [-0.2, -0.15) is 0 Å². The fourth-order valence-corrected chi connectivity index (χ4v) is 1.83. The third-order valence-corrected chi connectivity index (χ3v) is 3.15. The summed E-state index contributed by atoms with van der Waals surface area (Å²) in [6.45, 7) is 2.53. The minimum atomic E-state index is 0.497. The molecular formula is C13H16N4O. The number of hydrogen-bond donors (Lipinski definition) is 2. The second-order valence-corrected chi connectivity index (χ2v) is 4.65. The van der Waals surface area contributed by atoms with Crippen LogP contribution in [0.4, 0.5) is 11.6 Å². The molecule has 0 amide bonds. The summed E-state index contributed by atoms with van der Waals surface area (Å²) in [6.07, 6.45) is 3.99. The summed E-state index contributed by atoms with van der Waals surface area (Å²) in [7, 11) is 0. The Balaban J connectivity index is 1.81. The lowest BCUT2D eigenvalue weighted by atomic mass is 10.3. The van der Waals surface area contributed by atoms with E-state index in [-0.39, 0.29) is 0 Å². The van der Waals surface area contributed by atoms with Gasteiger partial charge in [-0.05, 0) is 31.9 Å². The lowest BCUT2D eigenvalue weighted by Gasteiger charge is -2.10. The quantitative estimate of drug-likeness (QED) is 0.863. The monoisotopic (exact) mass is 244 g/mol. The molecule has 0 saturated heterocycles. The molecule has 1 saturated carbocycles. The molecule has 3 rings (SSSR count). The zero-order chi connectivity index (χ0) is 12.5. The largest absolute Gasteiger partial charge is 0.467 e. The summed E-state index contributed by atoms with van der Waals surface area (Å²) in [5, 5.41) is 3.25. The SMILES string of the molecule is Cc1c(N)nc(C2CC2)nc1NCc1ccco1. The van der Waals surface area contributed by atoms with Crippen LogP contribution >= 0.6 is 0 Å². The highest BCUT2D eigenvalue weighted by molar-refractivity contribution is 5.55. The third kappa shape index (κ3) is 2.16. The van der Waals surface area contributed by atoms with Gasteiger partial charge in [-0.3, -0.25) is 0 Å². The maximum absolute atomic E-state index is 5.92. The van der Waals surface area contributed by atoms with E-state index in [1.54, 1.807) is 6.26 Å². The van der Waals surface area contributed by atoms with E-state index in [0.29, 0.717) is 18.3 Å². The van der Waals surface area contributed by atoms with E-state index in [2.05, 4.69) is 15.3 Å². The van der Waals surface area contributed by atoms with Crippen molar-refractivity contribution < 1.29 is 4.42 Å². The second-order valence-electron chi connectivity index (χ2n) is 4.65. The molecule has 1 aliphatic rings. The summed E-state index contributed by atoms with van der Waals surface area (Å²) in [5.74, 6) is 3.60. The number of hydrogen-bond acceptors (Lipinski definition) is 5. The Labute approximate surface area is 105 Å². The van der Waals surface area contributed by atoms with Gasteiger partial charge in [0.05, 0.1) is 12.8 Å². The molecule has 1 aliphatic carbocycles. The van der Waals surface area contributed by atoms with Crippen LogP contribution in [0.3, 0.4) is 0 Å². The summed E-state index contributed by atoms with van der Waals surface area (Å²) in [6, 6.07) is 3.79. The highest BCUT2D eigenvalue weighted by Gasteiger charge is 2.27. The van der Waals surface area contributed by atoms with Gasteiger partial charge in [0.25, 0.3) is 0 Å². The average molecular weight is 244 g/mol. The third-order valence-electron chi connectivity index (χ3n) is 3.15. The first-order valence-corrected chi connectivity index (χ1v) is 6.14. The maximum Gasteiger partial charge on any atom is 0.136 e. The van der Waals surface area contributed by atoms with E-state index in [9.17, 15) is 0 Å². The van der Waals surface area contributed by atoms with Crippen molar-refractivity contribution in [2.45, 2.75) is 32.2 Å². The van der Waals surface area contributed by atoms with E-state index < -0.39 is 0 Å². The van der Waals surface area contributed by atoms with Crippen molar-refractivity contribution in [1.82, 2.24) is 9.97 Å². The molecule has 2 heterocycles. The summed E-state index contributed by atoms with van der Waals surface area (Å²) in [5.41, 5.74) is 6.82. The summed E-state index contributed by atoms with van der Waals surface area (Å²) < 4.78 is 5.28. The molecular weight excluding hydrogens is 228 g/mol. The molecule has 2 aromatic heterocycles. The predicted molar refractivity (Wildman–Crippen MR) is 69.2 cm³/mol. The van der Waals surface area contributed by atoms with Crippen LogP contribution in [0.5, 0.6) is 0 Å². The van der Waals surface area contributed by atoms with Gasteiger partial charge < -0.3 is 15.5 Å². The molecule has 18 heavy (non-hydrogen) atoms. The van der Waals surface area contributed by atoms with Gasteiger partial charge in [0, 0.05) is 11.5 Å². The average Bonchev–Trinajstić information content (AvgIpc) is 3.08. The molecule has 0 unspecified atom stereocenters. The van der Waals surface area contributed by atoms with Crippen LogP contribution in [0.25, 0.3) is 0 Å². The number of nitrogen functional groups attached to an aromatic ring is 1. The Morgan fingerprint density at radius 2 is 2.28 bits per heavy atom. The fourth-order valence-electron chi connectivity index (χ4n) is 1.83. The van der Waals surface area contributed by atoms with Crippen molar-refractivity contribution in [3.05, 3.63) is 35.5 Å². The van der Waals surface area contributed by atoms with Gasteiger partial charge in [0.1, 0.15) is 23.2 Å². The summed E-state index contributed by atoms with van der Waals surface area (Å²) >= 11 is 0. The van der Waals surface area contributed by atoms with Crippen molar-refractivity contribution in [2.75, 3.05) is 11.1 Å². The van der Waals surface area contributed by atoms with E-state index in [4.69, 9.17) is 10.2 Å². The maximum atomic E-state index is 5.92. The number of nitrogens with one attached hydrogen (secondary N) is 1. The molecule has 0 atom stereocenters. The number of aromatic nitrogens is 2. The van der Waals surface area contributed by atoms with Crippen LogP contribution < -0.4 is 11.1 Å². The Morgan fingerprint density at radius 3 is 2.94 bits per heavy atom. The molecule has 1 fully saturated rings. The van der Waals surface area contributed by atoms with E-state index in [1.807, 2.05) is 19.1 Å². The van der Waals surface area contributed by atoms with Gasteiger partial charge >= 0.3 is 0 Å². The van der Waals surface area contributed by atoms with E-state index in [0.717, 1.165) is 23.0 Å². The number of anilines is 2. The van der Waals surface area contributed by atoms with Crippen LogP contribution in [0.15, 0.2) is 22.8 Å². The highest BCUT2D eigenvalue weighted by Crippen LogP contribution is 2.39. The molecule has 0 radical (unpaired) electrons. The van der Waals surface area contributed by atoms with Crippen molar-refractivity contribution in [2.24, 2.45) is 0 Å². The zero-order valence-electron chi connectivity index (χ0n) is 10.3. The zero-order valence-corrected chi connectivity index (χ0v) is 10.3. The lowest BCUT2D eigenvalue weighted by Crippen LogP contribution is -2.09. The minimum Gasteiger partial charge on any atom is -0.467 e. The topological polar surface area (TPSA) is 77.0 Å². The van der Waals surface area contributed by atoms with Crippen LogP contribution in [0.1, 0.15) is 35.9 Å². The smallest absolute Gasteiger partial charge is 0.136 e. The Hall–Kier alpha value is -2.04. The second kappa shape index (κ2) is 4.33. The normalized spacial score (nSPS) is 14.7. The molecule has 2 aromatic rings. The van der Waals surface area contributed by atoms with Crippen molar-refractivity contribution in [1.29, 1.82) is 0 Å². The molecule has 94 valence electrons. The molecule has 5 nitrogen and oxygen atoms in total. The number of nitrogens with zero attached hydrogens (tertiary/aromatic N) is 2. The van der Waals surface area contributed by atoms with Crippen LogP contribution in [-0.2, 0) is 6.54 Å². The van der Waals surface area contributed by atoms with Gasteiger partial charge in [0.15, 0.2) is 0 Å². The number of rotatable bonds is 4. The Morgan fingerprint density at radius 1 is 1.44 bits per heavy atom. The van der Waals surface area contributed by atoms with Crippen LogP contribution in [0, 0.1) is 6.92 Å². The van der Waals surface area contributed by atoms with Crippen molar-refractivity contribution in [3.8, 4) is 0 Å². The van der Waals surface area contributed by atoms with Crippen LogP contribution in [0.2, 0.25) is 0 Å². The fraction of sp³-hybridized carbons (Fsp3) is 0.385. The van der Waals surface area contributed by atoms with Crippen molar-refractivity contribution in [3.63, 3.8) is 0 Å². The van der Waals surface area contributed by atoms with E-state index >= 15 is 0 Å². The molecule has 5 heteroatoms. The molecule has 0 aromatic carbocycles.